The van der Waals surface area contributed by atoms with Gasteiger partial charge in [0.25, 0.3) is 5.91 Å². The van der Waals surface area contributed by atoms with Gasteiger partial charge in [0.2, 0.25) is 5.91 Å². The van der Waals surface area contributed by atoms with Crippen LogP contribution in [0, 0.1) is 0 Å². The second-order valence-electron chi connectivity index (χ2n) is 4.57. The molecule has 0 radical (unpaired) electrons. The van der Waals surface area contributed by atoms with Gasteiger partial charge in [-0.15, -0.1) is 0 Å². The third-order valence-electron chi connectivity index (χ3n) is 3.00. The van der Waals surface area contributed by atoms with Gasteiger partial charge in [-0.25, -0.2) is 0 Å². The Morgan fingerprint density at radius 3 is 2.84 bits per heavy atom. The van der Waals surface area contributed by atoms with Crippen LogP contribution in [0.25, 0.3) is 0 Å². The summed E-state index contributed by atoms with van der Waals surface area (Å²) in [6.45, 7) is 2.69. The molecule has 1 atom stereocenters. The first-order valence-electron chi connectivity index (χ1n) is 6.43. The molecule has 1 aliphatic heterocycles. The summed E-state index contributed by atoms with van der Waals surface area (Å²) in [5.74, 6) is -0.390. The number of amides is 2. The Labute approximate surface area is 112 Å². The van der Waals surface area contributed by atoms with Crippen LogP contribution in [0.1, 0.15) is 30.1 Å². The average molecular weight is 262 g/mol. The highest BCUT2D eigenvalue weighted by Crippen LogP contribution is 2.15. The summed E-state index contributed by atoms with van der Waals surface area (Å²) in [6.07, 6.45) is 2.13. The Morgan fingerprint density at radius 1 is 1.37 bits per heavy atom. The van der Waals surface area contributed by atoms with Crippen molar-refractivity contribution >= 4 is 17.5 Å². The molecule has 0 aromatic heterocycles. The molecule has 1 aliphatic rings. The third-order valence-corrected chi connectivity index (χ3v) is 3.00. The molecule has 2 N–H and O–H groups in total. The zero-order valence-corrected chi connectivity index (χ0v) is 10.9. The van der Waals surface area contributed by atoms with Crippen molar-refractivity contribution in [3.8, 4) is 0 Å². The second kappa shape index (κ2) is 6.33. The smallest absolute Gasteiger partial charge is 0.253 e. The van der Waals surface area contributed by atoms with Crippen molar-refractivity contribution in [2.24, 2.45) is 0 Å². The van der Waals surface area contributed by atoms with E-state index in [-0.39, 0.29) is 17.9 Å². The molecule has 1 fully saturated rings. The van der Waals surface area contributed by atoms with E-state index in [0.29, 0.717) is 17.8 Å². The highest BCUT2D eigenvalue weighted by molar-refractivity contribution is 6.03. The van der Waals surface area contributed by atoms with Crippen molar-refractivity contribution in [3.63, 3.8) is 0 Å². The number of carbonyl (C=O) groups excluding carboxylic acids is 2. The minimum absolute atomic E-state index is 0.108. The van der Waals surface area contributed by atoms with Gasteiger partial charge in [-0.05, 0) is 25.0 Å². The molecule has 2 rings (SSSR count). The van der Waals surface area contributed by atoms with Gasteiger partial charge in [0.1, 0.15) is 0 Å². The lowest BCUT2D eigenvalue weighted by Crippen LogP contribution is -2.32. The van der Waals surface area contributed by atoms with Gasteiger partial charge in [0, 0.05) is 20.1 Å². The molecule has 0 bridgehead atoms. The van der Waals surface area contributed by atoms with E-state index in [2.05, 4.69) is 10.6 Å². The number of ether oxygens (including phenoxy) is 1. The predicted molar refractivity (Wildman–Crippen MR) is 72.1 cm³/mol. The van der Waals surface area contributed by atoms with Crippen molar-refractivity contribution in [1.29, 1.82) is 0 Å². The van der Waals surface area contributed by atoms with Gasteiger partial charge in [-0.3, -0.25) is 9.59 Å². The molecule has 0 spiro atoms. The van der Waals surface area contributed by atoms with Crippen molar-refractivity contribution in [1.82, 2.24) is 5.32 Å². The zero-order valence-electron chi connectivity index (χ0n) is 10.9. The molecule has 5 nitrogen and oxygen atoms in total. The molecule has 5 heteroatoms. The summed E-state index contributed by atoms with van der Waals surface area (Å²) in [4.78, 5) is 23.2. The van der Waals surface area contributed by atoms with Crippen LogP contribution in [-0.2, 0) is 9.53 Å². The van der Waals surface area contributed by atoms with E-state index >= 15 is 0 Å². The summed E-state index contributed by atoms with van der Waals surface area (Å²) < 4.78 is 5.45. The number of benzene rings is 1. The van der Waals surface area contributed by atoms with Crippen molar-refractivity contribution in [3.05, 3.63) is 29.8 Å². The number of rotatable bonds is 4. The van der Waals surface area contributed by atoms with Crippen LogP contribution in [0.4, 0.5) is 5.69 Å². The van der Waals surface area contributed by atoms with Crippen LogP contribution < -0.4 is 10.6 Å². The zero-order chi connectivity index (χ0) is 13.7. The van der Waals surface area contributed by atoms with Crippen molar-refractivity contribution in [2.75, 3.05) is 18.5 Å². The fourth-order valence-electron chi connectivity index (χ4n) is 2.09. The number of hydrogen-bond acceptors (Lipinski definition) is 3. The van der Waals surface area contributed by atoms with Gasteiger partial charge in [-0.1, -0.05) is 12.1 Å². The van der Waals surface area contributed by atoms with E-state index in [0.717, 1.165) is 19.4 Å². The van der Waals surface area contributed by atoms with Crippen molar-refractivity contribution < 1.29 is 14.3 Å². The number of anilines is 1. The second-order valence-corrected chi connectivity index (χ2v) is 4.57. The fourth-order valence-corrected chi connectivity index (χ4v) is 2.09. The molecular formula is C14H18N2O3. The van der Waals surface area contributed by atoms with E-state index in [4.69, 9.17) is 4.74 Å². The maximum atomic E-state index is 12.1. The largest absolute Gasteiger partial charge is 0.376 e. The Balaban J connectivity index is 1.99. The molecule has 19 heavy (non-hydrogen) atoms. The third kappa shape index (κ3) is 3.79. The van der Waals surface area contributed by atoms with Crippen LogP contribution in [-0.4, -0.2) is 31.1 Å². The number of para-hydroxylation sites is 1. The highest BCUT2D eigenvalue weighted by atomic mass is 16.5. The number of hydrogen-bond donors (Lipinski definition) is 2. The lowest BCUT2D eigenvalue weighted by Gasteiger charge is -2.13. The van der Waals surface area contributed by atoms with E-state index < -0.39 is 0 Å². The minimum atomic E-state index is -0.195. The summed E-state index contributed by atoms with van der Waals surface area (Å²) >= 11 is 0. The first kappa shape index (κ1) is 13.5. The van der Waals surface area contributed by atoms with Gasteiger partial charge < -0.3 is 15.4 Å². The molecular weight excluding hydrogens is 244 g/mol. The topological polar surface area (TPSA) is 67.4 Å². The molecule has 0 saturated carbocycles. The molecule has 0 unspecified atom stereocenters. The van der Waals surface area contributed by atoms with E-state index in [1.807, 2.05) is 0 Å². The molecule has 0 aliphatic carbocycles. The Kier molecular flexibility index (Phi) is 4.52. The van der Waals surface area contributed by atoms with Gasteiger partial charge in [0.15, 0.2) is 0 Å². The van der Waals surface area contributed by atoms with Gasteiger partial charge >= 0.3 is 0 Å². The van der Waals surface area contributed by atoms with E-state index in [1.165, 1.54) is 6.92 Å². The van der Waals surface area contributed by atoms with Crippen molar-refractivity contribution in [2.45, 2.75) is 25.9 Å². The SMILES string of the molecule is CC(=O)Nc1ccccc1C(=O)NC[C@@H]1CCCO1. The normalized spacial score (nSPS) is 18.1. The quantitative estimate of drug-likeness (QED) is 0.865. The molecule has 1 saturated heterocycles. The molecule has 2 amide bonds. The Morgan fingerprint density at radius 2 is 2.16 bits per heavy atom. The van der Waals surface area contributed by atoms with Gasteiger partial charge in [-0.2, -0.15) is 0 Å². The van der Waals surface area contributed by atoms with Crippen LogP contribution in [0.5, 0.6) is 0 Å². The van der Waals surface area contributed by atoms with Crippen LogP contribution >= 0.6 is 0 Å². The highest BCUT2D eigenvalue weighted by Gasteiger charge is 2.17. The number of carbonyl (C=O) groups is 2. The van der Waals surface area contributed by atoms with E-state index in [9.17, 15) is 9.59 Å². The lowest BCUT2D eigenvalue weighted by atomic mass is 10.1. The number of nitrogens with one attached hydrogen (secondary N) is 2. The fraction of sp³-hybridized carbons (Fsp3) is 0.429. The monoisotopic (exact) mass is 262 g/mol. The summed E-state index contributed by atoms with van der Waals surface area (Å²) in [5.41, 5.74) is 0.996. The summed E-state index contributed by atoms with van der Waals surface area (Å²) in [7, 11) is 0. The van der Waals surface area contributed by atoms with Crippen LogP contribution in [0.15, 0.2) is 24.3 Å². The minimum Gasteiger partial charge on any atom is -0.376 e. The van der Waals surface area contributed by atoms with Gasteiger partial charge in [0.05, 0.1) is 17.4 Å². The molecule has 1 heterocycles. The van der Waals surface area contributed by atoms with Crippen LogP contribution in [0.3, 0.4) is 0 Å². The standard InChI is InChI=1S/C14H18N2O3/c1-10(17)16-13-7-3-2-6-12(13)14(18)15-9-11-5-4-8-19-11/h2-3,6-7,11H,4-5,8-9H2,1H3,(H,15,18)(H,16,17)/t11-/m0/s1. The average Bonchev–Trinajstić information content (AvgIpc) is 2.89. The summed E-state index contributed by atoms with van der Waals surface area (Å²) in [6, 6.07) is 6.95. The molecule has 102 valence electrons. The van der Waals surface area contributed by atoms with E-state index in [1.54, 1.807) is 24.3 Å². The Hall–Kier alpha value is -1.88. The lowest BCUT2D eigenvalue weighted by molar-refractivity contribution is -0.114. The summed E-state index contributed by atoms with van der Waals surface area (Å²) in [5, 5.41) is 5.49. The molecule has 1 aromatic carbocycles. The maximum Gasteiger partial charge on any atom is 0.253 e. The maximum absolute atomic E-state index is 12.1. The first-order chi connectivity index (χ1) is 9.16. The van der Waals surface area contributed by atoms with Crippen LogP contribution in [0.2, 0.25) is 0 Å². The predicted octanol–water partition coefficient (Wildman–Crippen LogP) is 1.55. The molecule has 1 aromatic rings. The Bertz CT molecular complexity index is 468. The first-order valence-corrected chi connectivity index (χ1v) is 6.43.